The van der Waals surface area contributed by atoms with Crippen molar-refractivity contribution in [2.75, 3.05) is 14.2 Å². The van der Waals surface area contributed by atoms with Crippen molar-refractivity contribution < 1.29 is 9.47 Å². The fraction of sp³-hybridized carbons (Fsp3) is 0.438. The van der Waals surface area contributed by atoms with Gasteiger partial charge < -0.3 is 19.4 Å². The van der Waals surface area contributed by atoms with Gasteiger partial charge in [0.25, 0.3) is 0 Å². The number of benzene rings is 1. The number of methoxy groups -OCH3 is 2. The molecular weight excluding hydrogens is 266 g/mol. The van der Waals surface area contributed by atoms with E-state index in [4.69, 9.17) is 9.47 Å². The molecule has 0 saturated heterocycles. The third-order valence-electron chi connectivity index (χ3n) is 3.16. The Hall–Kier alpha value is -2.01. The summed E-state index contributed by atoms with van der Waals surface area (Å²) in [5.41, 5.74) is 2.15. The lowest BCUT2D eigenvalue weighted by molar-refractivity contribution is 0.355. The van der Waals surface area contributed by atoms with Crippen molar-refractivity contribution in [1.29, 1.82) is 0 Å². The van der Waals surface area contributed by atoms with Gasteiger partial charge in [-0.2, -0.15) is 0 Å². The standard InChI is InChI=1S/C16H23N3O2/c1-16(2,3)18-10-13-9-17-11-19(13)12-6-7-14(20-4)15(8-12)21-5/h6-9,11,18H,10H2,1-5H3. The molecule has 0 amide bonds. The predicted molar refractivity (Wildman–Crippen MR) is 83.3 cm³/mol. The minimum atomic E-state index is 0.0622. The number of hydrogen-bond acceptors (Lipinski definition) is 4. The van der Waals surface area contributed by atoms with Crippen LogP contribution >= 0.6 is 0 Å². The second-order valence-electron chi connectivity index (χ2n) is 5.90. The topological polar surface area (TPSA) is 48.3 Å². The third-order valence-corrected chi connectivity index (χ3v) is 3.16. The van der Waals surface area contributed by atoms with Crippen LogP contribution in [0.4, 0.5) is 0 Å². The Morgan fingerprint density at radius 1 is 1.14 bits per heavy atom. The fourth-order valence-electron chi connectivity index (χ4n) is 2.02. The lowest BCUT2D eigenvalue weighted by Crippen LogP contribution is -2.35. The number of ether oxygens (including phenoxy) is 2. The zero-order valence-corrected chi connectivity index (χ0v) is 13.3. The Morgan fingerprint density at radius 2 is 1.86 bits per heavy atom. The Balaban J connectivity index is 2.28. The van der Waals surface area contributed by atoms with Crippen LogP contribution in [-0.2, 0) is 6.54 Å². The molecule has 0 aliphatic rings. The molecule has 1 heterocycles. The first-order chi connectivity index (χ1) is 9.94. The molecule has 0 aliphatic carbocycles. The molecule has 0 aliphatic heterocycles. The molecule has 5 nitrogen and oxygen atoms in total. The molecule has 1 aromatic heterocycles. The van der Waals surface area contributed by atoms with Crippen molar-refractivity contribution in [3.63, 3.8) is 0 Å². The van der Waals surface area contributed by atoms with Gasteiger partial charge in [-0.3, -0.25) is 0 Å². The number of aromatic nitrogens is 2. The van der Waals surface area contributed by atoms with Crippen LogP contribution in [0.2, 0.25) is 0 Å². The van der Waals surface area contributed by atoms with Gasteiger partial charge in [0.2, 0.25) is 0 Å². The van der Waals surface area contributed by atoms with E-state index in [1.807, 2.05) is 29.0 Å². The van der Waals surface area contributed by atoms with Gasteiger partial charge in [-0.1, -0.05) is 0 Å². The Morgan fingerprint density at radius 3 is 2.48 bits per heavy atom. The minimum Gasteiger partial charge on any atom is -0.493 e. The fourth-order valence-corrected chi connectivity index (χ4v) is 2.02. The third kappa shape index (κ3) is 3.76. The molecule has 0 fully saturated rings. The molecule has 1 aromatic carbocycles. The van der Waals surface area contributed by atoms with E-state index < -0.39 is 0 Å². The number of nitrogens with one attached hydrogen (secondary N) is 1. The van der Waals surface area contributed by atoms with Gasteiger partial charge in [-0.05, 0) is 32.9 Å². The Bertz CT molecular complexity index is 600. The van der Waals surface area contributed by atoms with Gasteiger partial charge in [-0.25, -0.2) is 4.98 Å². The average Bonchev–Trinajstić information content (AvgIpc) is 2.92. The number of imidazole rings is 1. The first kappa shape index (κ1) is 15.4. The molecule has 21 heavy (non-hydrogen) atoms. The summed E-state index contributed by atoms with van der Waals surface area (Å²) in [4.78, 5) is 4.25. The molecule has 114 valence electrons. The molecule has 0 bridgehead atoms. The van der Waals surface area contributed by atoms with Crippen molar-refractivity contribution in [3.8, 4) is 17.2 Å². The van der Waals surface area contributed by atoms with Crippen LogP contribution in [0.5, 0.6) is 11.5 Å². The van der Waals surface area contributed by atoms with Crippen molar-refractivity contribution in [1.82, 2.24) is 14.9 Å². The van der Waals surface area contributed by atoms with Crippen LogP contribution in [0.3, 0.4) is 0 Å². The van der Waals surface area contributed by atoms with Crippen LogP contribution < -0.4 is 14.8 Å². The highest BCUT2D eigenvalue weighted by atomic mass is 16.5. The maximum atomic E-state index is 5.35. The van der Waals surface area contributed by atoms with E-state index in [-0.39, 0.29) is 5.54 Å². The van der Waals surface area contributed by atoms with Gasteiger partial charge in [0.15, 0.2) is 11.5 Å². The van der Waals surface area contributed by atoms with E-state index in [1.165, 1.54) is 0 Å². The van der Waals surface area contributed by atoms with Crippen molar-refractivity contribution in [2.24, 2.45) is 0 Å². The van der Waals surface area contributed by atoms with Crippen LogP contribution in [0.25, 0.3) is 5.69 Å². The minimum absolute atomic E-state index is 0.0622. The van der Waals surface area contributed by atoms with Gasteiger partial charge in [0.1, 0.15) is 0 Å². The summed E-state index contributed by atoms with van der Waals surface area (Å²) >= 11 is 0. The molecule has 0 saturated carbocycles. The maximum absolute atomic E-state index is 5.35. The summed E-state index contributed by atoms with van der Waals surface area (Å²) in [5.74, 6) is 1.43. The Labute approximate surface area is 125 Å². The van der Waals surface area contributed by atoms with Crippen LogP contribution in [0.1, 0.15) is 26.5 Å². The van der Waals surface area contributed by atoms with E-state index in [2.05, 4.69) is 31.1 Å². The molecule has 0 radical (unpaired) electrons. The van der Waals surface area contributed by atoms with Crippen LogP contribution in [0.15, 0.2) is 30.7 Å². The highest BCUT2D eigenvalue weighted by Gasteiger charge is 2.12. The van der Waals surface area contributed by atoms with Gasteiger partial charge in [-0.15, -0.1) is 0 Å². The van der Waals surface area contributed by atoms with E-state index in [0.717, 1.165) is 23.7 Å². The van der Waals surface area contributed by atoms with E-state index in [9.17, 15) is 0 Å². The van der Waals surface area contributed by atoms with Crippen molar-refractivity contribution >= 4 is 0 Å². The van der Waals surface area contributed by atoms with Gasteiger partial charge in [0, 0.05) is 24.3 Å². The molecule has 2 aromatic rings. The largest absolute Gasteiger partial charge is 0.493 e. The summed E-state index contributed by atoms with van der Waals surface area (Å²) in [7, 11) is 3.27. The maximum Gasteiger partial charge on any atom is 0.162 e. The zero-order valence-electron chi connectivity index (χ0n) is 13.3. The first-order valence-electron chi connectivity index (χ1n) is 6.93. The number of rotatable bonds is 5. The second-order valence-corrected chi connectivity index (χ2v) is 5.90. The quantitative estimate of drug-likeness (QED) is 0.919. The highest BCUT2D eigenvalue weighted by molar-refractivity contribution is 5.49. The lowest BCUT2D eigenvalue weighted by atomic mass is 10.1. The summed E-state index contributed by atoms with van der Waals surface area (Å²) in [6, 6.07) is 5.83. The monoisotopic (exact) mass is 289 g/mol. The van der Waals surface area contributed by atoms with E-state index in [1.54, 1.807) is 20.5 Å². The molecule has 5 heteroatoms. The molecule has 0 atom stereocenters. The number of nitrogens with zero attached hydrogens (tertiary/aromatic N) is 2. The lowest BCUT2D eigenvalue weighted by Gasteiger charge is -2.21. The molecule has 0 spiro atoms. The van der Waals surface area contributed by atoms with Crippen LogP contribution in [0, 0.1) is 0 Å². The summed E-state index contributed by atoms with van der Waals surface area (Å²) in [6.45, 7) is 7.18. The van der Waals surface area contributed by atoms with Crippen LogP contribution in [-0.4, -0.2) is 29.3 Å². The summed E-state index contributed by atoms with van der Waals surface area (Å²) < 4.78 is 12.7. The zero-order chi connectivity index (χ0) is 15.5. The van der Waals surface area contributed by atoms with E-state index >= 15 is 0 Å². The number of hydrogen-bond donors (Lipinski definition) is 1. The van der Waals surface area contributed by atoms with Gasteiger partial charge in [0.05, 0.1) is 31.9 Å². The molecular formula is C16H23N3O2. The normalized spacial score (nSPS) is 11.5. The second kappa shape index (κ2) is 6.18. The average molecular weight is 289 g/mol. The smallest absolute Gasteiger partial charge is 0.162 e. The van der Waals surface area contributed by atoms with Crippen molar-refractivity contribution in [2.45, 2.75) is 32.9 Å². The highest BCUT2D eigenvalue weighted by Crippen LogP contribution is 2.29. The summed E-state index contributed by atoms with van der Waals surface area (Å²) in [6.07, 6.45) is 3.68. The first-order valence-corrected chi connectivity index (χ1v) is 6.93. The van der Waals surface area contributed by atoms with E-state index in [0.29, 0.717) is 5.75 Å². The van der Waals surface area contributed by atoms with Crippen molar-refractivity contribution in [3.05, 3.63) is 36.4 Å². The summed E-state index contributed by atoms with van der Waals surface area (Å²) in [5, 5.41) is 3.47. The van der Waals surface area contributed by atoms with Gasteiger partial charge >= 0.3 is 0 Å². The Kier molecular flexibility index (Phi) is 4.53. The molecule has 0 unspecified atom stereocenters. The molecule has 2 rings (SSSR count). The predicted octanol–water partition coefficient (Wildman–Crippen LogP) is 2.78. The molecule has 1 N–H and O–H groups in total. The SMILES string of the molecule is COc1ccc(-n2cncc2CNC(C)(C)C)cc1OC.